The molecular weight excluding hydrogens is 256 g/mol. The summed E-state index contributed by atoms with van der Waals surface area (Å²) in [5.74, 6) is -1.34. The van der Waals surface area contributed by atoms with Gasteiger partial charge in [-0.15, -0.1) is 0 Å². The van der Waals surface area contributed by atoms with Crippen LogP contribution < -0.4 is 5.32 Å². The van der Waals surface area contributed by atoms with Gasteiger partial charge in [-0.25, -0.2) is 14.3 Å². The summed E-state index contributed by atoms with van der Waals surface area (Å²) in [6.07, 6.45) is 1.17. The minimum atomic E-state index is -1.00. The average Bonchev–Trinajstić information content (AvgIpc) is 2.68. The van der Waals surface area contributed by atoms with E-state index in [1.807, 2.05) is 0 Å². The normalized spacial score (nSPS) is 11.7. The van der Waals surface area contributed by atoms with E-state index in [9.17, 15) is 19.7 Å². The summed E-state index contributed by atoms with van der Waals surface area (Å²) in [6, 6.07) is -1.00. The van der Waals surface area contributed by atoms with Crippen LogP contribution in [0.2, 0.25) is 0 Å². The van der Waals surface area contributed by atoms with Gasteiger partial charge in [0.15, 0.2) is 6.33 Å². The van der Waals surface area contributed by atoms with E-state index in [0.29, 0.717) is 0 Å². The van der Waals surface area contributed by atoms with Crippen molar-refractivity contribution in [2.45, 2.75) is 19.4 Å². The lowest BCUT2D eigenvalue weighted by atomic mass is 10.1. The molecule has 1 aromatic heterocycles. The summed E-state index contributed by atoms with van der Waals surface area (Å²) in [7, 11) is 2.64. The molecule has 1 rings (SSSR count). The molecule has 0 radical (unpaired) electrons. The van der Waals surface area contributed by atoms with Crippen LogP contribution >= 0.6 is 0 Å². The van der Waals surface area contributed by atoms with Crippen molar-refractivity contribution in [2.75, 3.05) is 7.11 Å². The van der Waals surface area contributed by atoms with Crippen molar-refractivity contribution in [1.82, 2.24) is 14.9 Å². The lowest BCUT2D eigenvalue weighted by Crippen LogP contribution is -2.42. The lowest BCUT2D eigenvalue weighted by molar-refractivity contribution is -0.392. The van der Waals surface area contributed by atoms with E-state index < -0.39 is 22.8 Å². The first-order valence-electron chi connectivity index (χ1n) is 5.36. The SMILES string of the molecule is COC(=O)C(Cc1ncn(C)c1[N+](=O)[O-])NC(C)=O. The second kappa shape index (κ2) is 5.94. The maximum absolute atomic E-state index is 11.5. The predicted molar refractivity (Wildman–Crippen MR) is 63.2 cm³/mol. The van der Waals surface area contributed by atoms with Crippen LogP contribution in [0, 0.1) is 10.1 Å². The first kappa shape index (κ1) is 14.6. The fraction of sp³-hybridized carbons (Fsp3) is 0.500. The summed E-state index contributed by atoms with van der Waals surface area (Å²) >= 11 is 0. The monoisotopic (exact) mass is 270 g/mol. The highest BCUT2D eigenvalue weighted by Gasteiger charge is 2.27. The molecule has 0 aliphatic rings. The molecule has 9 heteroatoms. The molecule has 0 spiro atoms. The van der Waals surface area contributed by atoms with Crippen LogP contribution in [0.25, 0.3) is 0 Å². The van der Waals surface area contributed by atoms with Crippen molar-refractivity contribution in [3.8, 4) is 0 Å². The fourth-order valence-electron chi connectivity index (χ4n) is 1.62. The number of rotatable bonds is 5. The van der Waals surface area contributed by atoms with Gasteiger partial charge in [0, 0.05) is 13.3 Å². The molecule has 1 N–H and O–H groups in total. The van der Waals surface area contributed by atoms with Gasteiger partial charge in [-0.3, -0.25) is 4.79 Å². The van der Waals surface area contributed by atoms with Gasteiger partial charge in [0.2, 0.25) is 5.91 Å². The number of imidazole rings is 1. The predicted octanol–water partition coefficient (Wildman–Crippen LogP) is -0.452. The second-order valence-electron chi connectivity index (χ2n) is 3.86. The molecule has 0 saturated heterocycles. The average molecular weight is 270 g/mol. The molecule has 0 bridgehead atoms. The second-order valence-corrected chi connectivity index (χ2v) is 3.86. The number of carbonyl (C=O) groups is 2. The van der Waals surface area contributed by atoms with Crippen molar-refractivity contribution in [3.05, 3.63) is 22.1 Å². The van der Waals surface area contributed by atoms with Crippen LogP contribution in [0.5, 0.6) is 0 Å². The van der Waals surface area contributed by atoms with E-state index in [1.54, 1.807) is 0 Å². The maximum atomic E-state index is 11.5. The summed E-state index contributed by atoms with van der Waals surface area (Å²) in [5.41, 5.74) is 0.108. The van der Waals surface area contributed by atoms with Crippen molar-refractivity contribution in [1.29, 1.82) is 0 Å². The molecule has 104 valence electrons. The van der Waals surface area contributed by atoms with Crippen molar-refractivity contribution in [2.24, 2.45) is 7.05 Å². The van der Waals surface area contributed by atoms with Gasteiger partial charge >= 0.3 is 11.8 Å². The molecule has 9 nitrogen and oxygen atoms in total. The van der Waals surface area contributed by atoms with Gasteiger partial charge in [0.05, 0.1) is 14.2 Å². The Kier molecular flexibility index (Phi) is 4.56. The number of carbonyl (C=O) groups excluding carboxylic acids is 2. The number of ether oxygens (including phenoxy) is 1. The molecule has 0 aliphatic carbocycles. The number of nitro groups is 1. The zero-order chi connectivity index (χ0) is 14.6. The molecule has 19 heavy (non-hydrogen) atoms. The third-order valence-electron chi connectivity index (χ3n) is 2.41. The van der Waals surface area contributed by atoms with Crippen molar-refractivity contribution >= 4 is 17.7 Å². The van der Waals surface area contributed by atoms with Crippen LogP contribution in [-0.4, -0.2) is 39.5 Å². The highest BCUT2D eigenvalue weighted by molar-refractivity contribution is 5.83. The first-order chi connectivity index (χ1) is 8.86. The van der Waals surface area contributed by atoms with E-state index in [0.717, 1.165) is 0 Å². The minimum absolute atomic E-state index is 0.108. The molecule has 0 aliphatic heterocycles. The van der Waals surface area contributed by atoms with E-state index in [2.05, 4.69) is 15.0 Å². The molecule has 0 aromatic carbocycles. The third-order valence-corrected chi connectivity index (χ3v) is 2.41. The Hall–Kier alpha value is -2.45. The molecule has 1 unspecified atom stereocenters. The molecular formula is C10H14N4O5. The highest BCUT2D eigenvalue weighted by Crippen LogP contribution is 2.17. The summed E-state index contributed by atoms with van der Waals surface area (Å²) in [5, 5.41) is 13.3. The molecule has 0 saturated carbocycles. The van der Waals surface area contributed by atoms with E-state index in [4.69, 9.17) is 0 Å². The third kappa shape index (κ3) is 3.50. The first-order valence-corrected chi connectivity index (χ1v) is 5.36. The van der Waals surface area contributed by atoms with E-state index in [-0.39, 0.29) is 17.9 Å². The van der Waals surface area contributed by atoms with Gasteiger partial charge in [0.25, 0.3) is 0 Å². The number of aromatic nitrogens is 2. The smallest absolute Gasteiger partial charge is 0.345 e. The summed E-state index contributed by atoms with van der Waals surface area (Å²) < 4.78 is 5.77. The largest absolute Gasteiger partial charge is 0.467 e. The Balaban J connectivity index is 2.99. The van der Waals surface area contributed by atoms with Gasteiger partial charge in [-0.1, -0.05) is 0 Å². The lowest BCUT2D eigenvalue weighted by Gasteiger charge is -2.13. The van der Waals surface area contributed by atoms with Crippen LogP contribution in [0.15, 0.2) is 6.33 Å². The van der Waals surface area contributed by atoms with Gasteiger partial charge in [0.1, 0.15) is 11.7 Å². The number of aryl methyl sites for hydroxylation is 1. The number of hydrogen-bond acceptors (Lipinski definition) is 6. The molecule has 1 amide bonds. The summed E-state index contributed by atoms with van der Waals surface area (Å²) in [6.45, 7) is 1.24. The topological polar surface area (TPSA) is 116 Å². The Morgan fingerprint density at radius 2 is 2.26 bits per heavy atom. The van der Waals surface area contributed by atoms with Crippen LogP contribution in [0.4, 0.5) is 5.82 Å². The minimum Gasteiger partial charge on any atom is -0.467 e. The van der Waals surface area contributed by atoms with Crippen molar-refractivity contribution in [3.63, 3.8) is 0 Å². The van der Waals surface area contributed by atoms with Gasteiger partial charge in [-0.05, 0) is 4.92 Å². The number of nitrogens with zero attached hydrogens (tertiary/aromatic N) is 3. The van der Waals surface area contributed by atoms with Gasteiger partial charge < -0.3 is 20.2 Å². The number of hydrogen-bond donors (Lipinski definition) is 1. The van der Waals surface area contributed by atoms with Gasteiger partial charge in [-0.2, -0.15) is 0 Å². The number of nitrogens with one attached hydrogen (secondary N) is 1. The zero-order valence-corrected chi connectivity index (χ0v) is 10.7. The Labute approximate surface area is 108 Å². The fourth-order valence-corrected chi connectivity index (χ4v) is 1.62. The van der Waals surface area contributed by atoms with Crippen molar-refractivity contribution < 1.29 is 19.2 Å². The van der Waals surface area contributed by atoms with E-state index >= 15 is 0 Å². The number of esters is 1. The van der Waals surface area contributed by atoms with Crippen LogP contribution in [0.3, 0.4) is 0 Å². The number of methoxy groups -OCH3 is 1. The zero-order valence-electron chi connectivity index (χ0n) is 10.7. The standard InChI is InChI=1S/C10H14N4O5/c1-6(15)12-8(10(16)19-3)4-7-9(14(17)18)13(2)5-11-7/h5,8H,4H2,1-3H3,(H,12,15). The summed E-state index contributed by atoms with van der Waals surface area (Å²) in [4.78, 5) is 36.7. The Morgan fingerprint density at radius 3 is 2.74 bits per heavy atom. The molecule has 0 fully saturated rings. The molecule has 1 atom stereocenters. The molecule has 1 aromatic rings. The Morgan fingerprint density at radius 1 is 1.63 bits per heavy atom. The maximum Gasteiger partial charge on any atom is 0.345 e. The Bertz CT molecular complexity index is 510. The van der Waals surface area contributed by atoms with E-state index in [1.165, 1.54) is 32.0 Å². The highest BCUT2D eigenvalue weighted by atomic mass is 16.6. The quantitative estimate of drug-likeness (QED) is 0.440. The molecule has 1 heterocycles. The van der Waals surface area contributed by atoms with Crippen LogP contribution in [-0.2, 0) is 27.8 Å². The van der Waals surface area contributed by atoms with Crippen LogP contribution in [0.1, 0.15) is 12.6 Å². The number of amides is 1.